The van der Waals surface area contributed by atoms with E-state index in [1.165, 1.54) is 0 Å². The van der Waals surface area contributed by atoms with E-state index in [2.05, 4.69) is 17.1 Å². The average molecular weight is 276 g/mol. The van der Waals surface area contributed by atoms with E-state index < -0.39 is 0 Å². The summed E-state index contributed by atoms with van der Waals surface area (Å²) in [5.41, 5.74) is 2.98. The number of imidazole rings is 1. The first kappa shape index (κ1) is 13.3. The normalized spacial score (nSPS) is 12.0. The van der Waals surface area contributed by atoms with Crippen LogP contribution in [0.3, 0.4) is 0 Å². The third-order valence-corrected chi connectivity index (χ3v) is 3.63. The number of ketones is 1. The molecular weight excluding hydrogens is 260 g/mol. The lowest BCUT2D eigenvalue weighted by atomic mass is 10.0. The number of hydrogen-bond acceptors (Lipinski definition) is 2. The van der Waals surface area contributed by atoms with Crippen LogP contribution in [0.1, 0.15) is 23.3 Å². The minimum absolute atomic E-state index is 0.0904. The van der Waals surface area contributed by atoms with Gasteiger partial charge in [-0.05, 0) is 18.1 Å². The second kappa shape index (κ2) is 5.75. The number of hydrogen-bond donors (Lipinski definition) is 0. The first-order valence-electron chi connectivity index (χ1n) is 6.93. The van der Waals surface area contributed by atoms with E-state index in [0.29, 0.717) is 0 Å². The van der Waals surface area contributed by atoms with E-state index in [1.54, 1.807) is 18.7 Å². The Morgan fingerprint density at radius 2 is 1.67 bits per heavy atom. The molecule has 3 nitrogen and oxygen atoms in total. The highest BCUT2D eigenvalue weighted by Crippen LogP contribution is 2.21. The van der Waals surface area contributed by atoms with Crippen molar-refractivity contribution in [3.8, 4) is 11.1 Å². The molecule has 0 fully saturated rings. The summed E-state index contributed by atoms with van der Waals surface area (Å²) in [5.74, 6) is 0.0904. The van der Waals surface area contributed by atoms with E-state index in [1.807, 2.05) is 54.0 Å². The summed E-state index contributed by atoms with van der Waals surface area (Å²) < 4.78 is 1.81. The molecule has 0 aliphatic rings. The van der Waals surface area contributed by atoms with Crippen molar-refractivity contribution in [3.05, 3.63) is 78.9 Å². The third kappa shape index (κ3) is 2.77. The number of rotatable bonds is 4. The van der Waals surface area contributed by atoms with Gasteiger partial charge in [0, 0.05) is 18.0 Å². The van der Waals surface area contributed by atoms with Crippen molar-refractivity contribution in [3.63, 3.8) is 0 Å². The number of Topliss-reactive ketones (excluding diaryl/α,β-unsaturated/α-hetero) is 1. The Bertz CT molecular complexity index is 716. The number of aromatic nitrogens is 2. The molecule has 0 aliphatic heterocycles. The Morgan fingerprint density at radius 3 is 2.29 bits per heavy atom. The average Bonchev–Trinajstić information content (AvgIpc) is 3.09. The zero-order chi connectivity index (χ0) is 14.7. The topological polar surface area (TPSA) is 34.9 Å². The molecule has 0 spiro atoms. The largest absolute Gasteiger partial charge is 0.327 e. The molecule has 21 heavy (non-hydrogen) atoms. The van der Waals surface area contributed by atoms with Gasteiger partial charge in [-0.3, -0.25) is 4.79 Å². The number of carbonyl (C=O) groups excluding carboxylic acids is 1. The van der Waals surface area contributed by atoms with E-state index in [4.69, 9.17) is 0 Å². The molecule has 2 aromatic carbocycles. The van der Waals surface area contributed by atoms with Crippen LogP contribution in [-0.2, 0) is 0 Å². The van der Waals surface area contributed by atoms with E-state index in [-0.39, 0.29) is 11.8 Å². The van der Waals surface area contributed by atoms with Crippen LogP contribution in [-0.4, -0.2) is 15.3 Å². The molecule has 0 radical (unpaired) electrons. The van der Waals surface area contributed by atoms with Gasteiger partial charge in [0.05, 0.1) is 12.4 Å². The molecule has 1 atom stereocenters. The van der Waals surface area contributed by atoms with Gasteiger partial charge in [0.15, 0.2) is 5.78 Å². The van der Waals surface area contributed by atoms with Crippen molar-refractivity contribution < 1.29 is 4.79 Å². The number of benzene rings is 2. The predicted octanol–water partition coefficient (Wildman–Crippen LogP) is 3.99. The molecule has 0 saturated heterocycles. The summed E-state index contributed by atoms with van der Waals surface area (Å²) in [6.45, 7) is 1.88. The van der Waals surface area contributed by atoms with Gasteiger partial charge < -0.3 is 4.57 Å². The molecule has 3 rings (SSSR count). The molecule has 0 saturated carbocycles. The van der Waals surface area contributed by atoms with Crippen molar-refractivity contribution in [2.75, 3.05) is 0 Å². The van der Waals surface area contributed by atoms with Crippen molar-refractivity contribution >= 4 is 5.78 Å². The fourth-order valence-electron chi connectivity index (χ4n) is 2.33. The maximum Gasteiger partial charge on any atom is 0.185 e. The Kier molecular flexibility index (Phi) is 3.65. The van der Waals surface area contributed by atoms with Crippen LogP contribution in [0, 0.1) is 0 Å². The van der Waals surface area contributed by atoms with Crippen molar-refractivity contribution in [2.24, 2.45) is 0 Å². The Balaban J connectivity index is 1.83. The SMILES string of the molecule is C[C@@H](C(=O)c1ccc(-c2ccccc2)cc1)n1ccnc1. The Morgan fingerprint density at radius 1 is 1.00 bits per heavy atom. The van der Waals surface area contributed by atoms with Gasteiger partial charge >= 0.3 is 0 Å². The lowest BCUT2D eigenvalue weighted by Gasteiger charge is -2.12. The molecule has 3 aromatic rings. The Hall–Kier alpha value is -2.68. The fourth-order valence-corrected chi connectivity index (χ4v) is 2.33. The maximum absolute atomic E-state index is 12.4. The highest BCUT2D eigenvalue weighted by molar-refractivity contribution is 5.99. The van der Waals surface area contributed by atoms with Gasteiger partial charge in [0.1, 0.15) is 0 Å². The molecule has 0 unspecified atom stereocenters. The molecule has 104 valence electrons. The zero-order valence-corrected chi connectivity index (χ0v) is 11.8. The van der Waals surface area contributed by atoms with Gasteiger partial charge in [0.25, 0.3) is 0 Å². The molecular formula is C18H16N2O. The zero-order valence-electron chi connectivity index (χ0n) is 11.8. The van der Waals surface area contributed by atoms with Gasteiger partial charge in [-0.2, -0.15) is 0 Å². The summed E-state index contributed by atoms with van der Waals surface area (Å²) in [6, 6.07) is 17.6. The minimum atomic E-state index is -0.241. The van der Waals surface area contributed by atoms with Crippen molar-refractivity contribution in [1.29, 1.82) is 0 Å². The molecule has 0 amide bonds. The quantitative estimate of drug-likeness (QED) is 0.675. The van der Waals surface area contributed by atoms with Crippen LogP contribution in [0.15, 0.2) is 73.3 Å². The molecule has 3 heteroatoms. The van der Waals surface area contributed by atoms with Crippen LogP contribution in [0.25, 0.3) is 11.1 Å². The smallest absolute Gasteiger partial charge is 0.185 e. The van der Waals surface area contributed by atoms with Gasteiger partial charge in [0.2, 0.25) is 0 Å². The molecule has 1 heterocycles. The second-order valence-electron chi connectivity index (χ2n) is 4.99. The second-order valence-corrected chi connectivity index (χ2v) is 4.99. The summed E-state index contributed by atoms with van der Waals surface area (Å²) >= 11 is 0. The first-order valence-corrected chi connectivity index (χ1v) is 6.93. The number of carbonyl (C=O) groups is 1. The third-order valence-electron chi connectivity index (χ3n) is 3.63. The van der Waals surface area contributed by atoms with Crippen LogP contribution in [0.5, 0.6) is 0 Å². The fraction of sp³-hybridized carbons (Fsp3) is 0.111. The summed E-state index contributed by atoms with van der Waals surface area (Å²) in [5, 5.41) is 0. The molecule has 0 N–H and O–H groups in total. The Labute approximate surface area is 123 Å². The van der Waals surface area contributed by atoms with Gasteiger partial charge in [-0.15, -0.1) is 0 Å². The minimum Gasteiger partial charge on any atom is -0.327 e. The van der Waals surface area contributed by atoms with E-state index in [9.17, 15) is 4.79 Å². The van der Waals surface area contributed by atoms with E-state index in [0.717, 1.165) is 16.7 Å². The summed E-state index contributed by atoms with van der Waals surface area (Å²) in [4.78, 5) is 16.4. The lowest BCUT2D eigenvalue weighted by molar-refractivity contribution is 0.0935. The van der Waals surface area contributed by atoms with Crippen LogP contribution >= 0.6 is 0 Å². The number of nitrogens with zero attached hydrogens (tertiary/aromatic N) is 2. The summed E-state index contributed by atoms with van der Waals surface area (Å²) in [6.07, 6.45) is 5.16. The standard InChI is InChI=1S/C18H16N2O/c1-14(20-12-11-19-13-20)18(21)17-9-7-16(8-10-17)15-5-3-2-4-6-15/h2-14H,1H3/t14-/m0/s1. The lowest BCUT2D eigenvalue weighted by Crippen LogP contribution is -2.15. The van der Waals surface area contributed by atoms with Gasteiger partial charge in [-0.1, -0.05) is 54.6 Å². The maximum atomic E-state index is 12.4. The van der Waals surface area contributed by atoms with Crippen LogP contribution in [0.2, 0.25) is 0 Å². The molecule has 1 aromatic heterocycles. The molecule has 0 bridgehead atoms. The van der Waals surface area contributed by atoms with Crippen LogP contribution in [0.4, 0.5) is 0 Å². The first-order chi connectivity index (χ1) is 10.3. The van der Waals surface area contributed by atoms with E-state index >= 15 is 0 Å². The summed E-state index contributed by atoms with van der Waals surface area (Å²) in [7, 11) is 0. The highest BCUT2D eigenvalue weighted by atomic mass is 16.1. The van der Waals surface area contributed by atoms with Crippen molar-refractivity contribution in [1.82, 2.24) is 9.55 Å². The monoisotopic (exact) mass is 276 g/mol. The predicted molar refractivity (Wildman–Crippen MR) is 83.1 cm³/mol. The van der Waals surface area contributed by atoms with Crippen molar-refractivity contribution in [2.45, 2.75) is 13.0 Å². The van der Waals surface area contributed by atoms with Crippen LogP contribution < -0.4 is 0 Å². The molecule has 0 aliphatic carbocycles. The highest BCUT2D eigenvalue weighted by Gasteiger charge is 2.16. The van der Waals surface area contributed by atoms with Gasteiger partial charge in [-0.25, -0.2) is 4.98 Å².